The molecule has 0 saturated heterocycles. The molecule has 0 bridgehead atoms. The molecule has 1 N–H and O–H groups in total. The highest BCUT2D eigenvalue weighted by atomic mass is 19.1. The highest BCUT2D eigenvalue weighted by Crippen LogP contribution is 2.41. The van der Waals surface area contributed by atoms with Crippen LogP contribution >= 0.6 is 0 Å². The summed E-state index contributed by atoms with van der Waals surface area (Å²) in [5.41, 5.74) is -0.692. The van der Waals surface area contributed by atoms with Crippen LogP contribution in [-0.4, -0.2) is 5.91 Å². The van der Waals surface area contributed by atoms with Gasteiger partial charge in [-0.25, -0.2) is 4.39 Å². The van der Waals surface area contributed by atoms with Crippen molar-refractivity contribution in [3.05, 3.63) is 29.6 Å². The Morgan fingerprint density at radius 1 is 1.39 bits per heavy atom. The second kappa shape index (κ2) is 4.46. The van der Waals surface area contributed by atoms with Crippen LogP contribution < -0.4 is 5.32 Å². The molecule has 0 heterocycles. The van der Waals surface area contributed by atoms with Crippen molar-refractivity contribution in [2.45, 2.75) is 19.3 Å². The Labute approximate surface area is 104 Å². The Morgan fingerprint density at radius 2 is 2.11 bits per heavy atom. The van der Waals surface area contributed by atoms with Gasteiger partial charge in [0.1, 0.15) is 17.3 Å². The van der Waals surface area contributed by atoms with Crippen LogP contribution in [0.2, 0.25) is 0 Å². The molecular weight excluding hydrogens is 233 g/mol. The summed E-state index contributed by atoms with van der Waals surface area (Å²) in [6.45, 7) is 0. The van der Waals surface area contributed by atoms with Crippen molar-refractivity contribution >= 4 is 11.6 Å². The molecular formula is C13H10FN3O. The maximum absolute atomic E-state index is 12.9. The molecule has 2 rings (SSSR count). The van der Waals surface area contributed by atoms with Crippen molar-refractivity contribution in [1.29, 1.82) is 10.5 Å². The Hall–Kier alpha value is -2.40. The van der Waals surface area contributed by atoms with Gasteiger partial charge in [0, 0.05) is 0 Å². The van der Waals surface area contributed by atoms with Gasteiger partial charge in [0.25, 0.3) is 0 Å². The lowest BCUT2D eigenvalue weighted by molar-refractivity contribution is -0.126. The van der Waals surface area contributed by atoms with Crippen molar-refractivity contribution in [3.8, 4) is 12.1 Å². The van der Waals surface area contributed by atoms with Gasteiger partial charge >= 0.3 is 0 Å². The fourth-order valence-electron chi connectivity index (χ4n) is 1.88. The molecule has 18 heavy (non-hydrogen) atoms. The van der Waals surface area contributed by atoms with E-state index in [2.05, 4.69) is 5.32 Å². The predicted octanol–water partition coefficient (Wildman–Crippen LogP) is 2.33. The third-order valence-electron chi connectivity index (χ3n) is 3.21. The van der Waals surface area contributed by atoms with E-state index in [9.17, 15) is 9.18 Å². The molecule has 0 aliphatic heterocycles. The van der Waals surface area contributed by atoms with Gasteiger partial charge < -0.3 is 5.32 Å². The molecule has 0 aromatic heterocycles. The van der Waals surface area contributed by atoms with E-state index >= 15 is 0 Å². The molecule has 0 spiro atoms. The Morgan fingerprint density at radius 3 is 2.61 bits per heavy atom. The number of carbonyl (C=O) groups is 1. The Bertz CT molecular complexity index is 579. The summed E-state index contributed by atoms with van der Waals surface area (Å²) in [7, 11) is 0. The molecule has 1 saturated carbocycles. The van der Waals surface area contributed by atoms with Crippen LogP contribution in [0.15, 0.2) is 18.2 Å². The minimum absolute atomic E-state index is 0.0516. The smallest absolute Gasteiger partial charge is 0.244 e. The van der Waals surface area contributed by atoms with Crippen molar-refractivity contribution in [1.82, 2.24) is 0 Å². The number of rotatable bonds is 2. The average molecular weight is 243 g/mol. The maximum atomic E-state index is 12.9. The molecule has 1 aliphatic carbocycles. The molecule has 0 radical (unpaired) electrons. The van der Waals surface area contributed by atoms with E-state index in [1.54, 1.807) is 0 Å². The van der Waals surface area contributed by atoms with Crippen molar-refractivity contribution in [3.63, 3.8) is 0 Å². The second-order valence-electron chi connectivity index (χ2n) is 4.30. The van der Waals surface area contributed by atoms with Crippen LogP contribution in [0.5, 0.6) is 0 Å². The Kier molecular flexibility index (Phi) is 2.99. The SMILES string of the molecule is N#Cc1cc(F)ccc1NC(=O)C1(C#N)CCC1. The van der Waals surface area contributed by atoms with E-state index < -0.39 is 17.1 Å². The number of nitriles is 2. The first-order chi connectivity index (χ1) is 8.61. The number of benzene rings is 1. The van der Waals surface area contributed by atoms with Crippen LogP contribution in [0, 0.1) is 33.9 Å². The summed E-state index contributed by atoms with van der Waals surface area (Å²) in [5.74, 6) is -0.956. The highest BCUT2D eigenvalue weighted by molar-refractivity contribution is 5.98. The lowest BCUT2D eigenvalue weighted by Gasteiger charge is -2.33. The minimum Gasteiger partial charge on any atom is -0.324 e. The van der Waals surface area contributed by atoms with E-state index in [1.165, 1.54) is 6.07 Å². The first-order valence-electron chi connectivity index (χ1n) is 5.54. The molecule has 1 aliphatic rings. The quantitative estimate of drug-likeness (QED) is 0.865. The highest BCUT2D eigenvalue weighted by Gasteiger charge is 2.44. The van der Waals surface area contributed by atoms with E-state index in [0.29, 0.717) is 12.8 Å². The first kappa shape index (κ1) is 12.1. The lowest BCUT2D eigenvalue weighted by atomic mass is 9.69. The second-order valence-corrected chi connectivity index (χ2v) is 4.30. The van der Waals surface area contributed by atoms with Gasteiger partial charge in [0.05, 0.1) is 17.3 Å². The van der Waals surface area contributed by atoms with E-state index in [0.717, 1.165) is 18.6 Å². The van der Waals surface area contributed by atoms with Crippen LogP contribution in [0.4, 0.5) is 10.1 Å². The fraction of sp³-hybridized carbons (Fsp3) is 0.308. The summed E-state index contributed by atoms with van der Waals surface area (Å²) < 4.78 is 12.9. The zero-order chi connectivity index (χ0) is 13.2. The van der Waals surface area contributed by atoms with Gasteiger partial charge in [-0.1, -0.05) is 0 Å². The van der Waals surface area contributed by atoms with Crippen LogP contribution in [0.3, 0.4) is 0 Å². The summed E-state index contributed by atoms with van der Waals surface area (Å²) in [4.78, 5) is 12.0. The first-order valence-corrected chi connectivity index (χ1v) is 5.54. The van der Waals surface area contributed by atoms with Gasteiger partial charge in [0.2, 0.25) is 5.91 Å². The zero-order valence-electron chi connectivity index (χ0n) is 9.53. The number of carbonyl (C=O) groups excluding carboxylic acids is 1. The summed E-state index contributed by atoms with van der Waals surface area (Å²) in [6, 6.07) is 7.37. The van der Waals surface area contributed by atoms with Gasteiger partial charge in [-0.2, -0.15) is 10.5 Å². The standard InChI is InChI=1S/C13H10FN3O/c14-10-2-3-11(9(6-10)7-15)17-12(18)13(8-16)4-1-5-13/h2-3,6H,1,4-5H2,(H,17,18). The van der Waals surface area contributed by atoms with Crippen LogP contribution in [0.25, 0.3) is 0 Å². The monoisotopic (exact) mass is 243 g/mol. The lowest BCUT2D eigenvalue weighted by Crippen LogP contribution is -2.40. The summed E-state index contributed by atoms with van der Waals surface area (Å²) in [5, 5.41) is 20.4. The maximum Gasteiger partial charge on any atom is 0.244 e. The van der Waals surface area contributed by atoms with Gasteiger partial charge in [-0.15, -0.1) is 0 Å². The average Bonchev–Trinajstić information content (AvgIpc) is 2.30. The van der Waals surface area contributed by atoms with E-state index in [-0.39, 0.29) is 11.3 Å². The fourth-order valence-corrected chi connectivity index (χ4v) is 1.88. The number of anilines is 1. The van der Waals surface area contributed by atoms with Gasteiger partial charge in [0.15, 0.2) is 0 Å². The number of halogens is 1. The molecule has 1 aromatic rings. The molecule has 5 heteroatoms. The third kappa shape index (κ3) is 1.91. The number of amides is 1. The number of nitrogens with zero attached hydrogens (tertiary/aromatic N) is 2. The van der Waals surface area contributed by atoms with Gasteiger partial charge in [-0.3, -0.25) is 4.79 Å². The summed E-state index contributed by atoms with van der Waals surface area (Å²) >= 11 is 0. The minimum atomic E-state index is -0.985. The van der Waals surface area contributed by atoms with Gasteiger partial charge in [-0.05, 0) is 37.5 Å². The normalized spacial score (nSPS) is 15.9. The van der Waals surface area contributed by atoms with Crippen molar-refractivity contribution < 1.29 is 9.18 Å². The molecule has 0 atom stereocenters. The molecule has 90 valence electrons. The van der Waals surface area contributed by atoms with Crippen LogP contribution in [0.1, 0.15) is 24.8 Å². The third-order valence-corrected chi connectivity index (χ3v) is 3.21. The number of hydrogen-bond acceptors (Lipinski definition) is 3. The molecule has 0 unspecified atom stereocenters. The number of nitrogens with one attached hydrogen (secondary N) is 1. The zero-order valence-corrected chi connectivity index (χ0v) is 9.53. The van der Waals surface area contributed by atoms with E-state index in [4.69, 9.17) is 10.5 Å². The largest absolute Gasteiger partial charge is 0.324 e. The number of hydrogen-bond donors (Lipinski definition) is 1. The molecule has 1 fully saturated rings. The molecule has 4 nitrogen and oxygen atoms in total. The summed E-state index contributed by atoms with van der Waals surface area (Å²) in [6.07, 6.45) is 1.90. The topological polar surface area (TPSA) is 76.7 Å². The molecule has 1 amide bonds. The predicted molar refractivity (Wildman–Crippen MR) is 61.6 cm³/mol. The van der Waals surface area contributed by atoms with Crippen molar-refractivity contribution in [2.75, 3.05) is 5.32 Å². The van der Waals surface area contributed by atoms with Crippen molar-refractivity contribution in [2.24, 2.45) is 5.41 Å². The molecule has 1 aromatic carbocycles. The van der Waals surface area contributed by atoms with E-state index in [1.807, 2.05) is 12.1 Å². The van der Waals surface area contributed by atoms with Crippen LogP contribution in [-0.2, 0) is 4.79 Å². The Balaban J connectivity index is 2.23.